The highest BCUT2D eigenvalue weighted by atomic mass is 32.1. The summed E-state index contributed by atoms with van der Waals surface area (Å²) in [5.41, 5.74) is 0.147. The Morgan fingerprint density at radius 2 is 2.08 bits per heavy atom. The van der Waals surface area contributed by atoms with Crippen molar-refractivity contribution >= 4 is 16.7 Å². The SMILES string of the molecule is COCCc1nsc(N2CC(C)(C)C2c2nccn2CCOC)n1. The third kappa shape index (κ3) is 3.31. The van der Waals surface area contributed by atoms with Crippen LogP contribution in [0.5, 0.6) is 0 Å². The lowest BCUT2D eigenvalue weighted by atomic mass is 9.74. The molecule has 0 spiro atoms. The first-order valence-electron chi connectivity index (χ1n) is 8.15. The van der Waals surface area contributed by atoms with Crippen molar-refractivity contribution < 1.29 is 9.47 Å². The van der Waals surface area contributed by atoms with E-state index in [-0.39, 0.29) is 11.5 Å². The van der Waals surface area contributed by atoms with E-state index in [0.717, 1.165) is 36.3 Å². The molecule has 3 rings (SSSR count). The number of hydrogen-bond donors (Lipinski definition) is 0. The average molecular weight is 351 g/mol. The molecule has 0 bridgehead atoms. The zero-order chi connectivity index (χ0) is 17.2. The molecule has 2 aromatic heterocycles. The Hall–Kier alpha value is -1.51. The van der Waals surface area contributed by atoms with Crippen LogP contribution in [0.1, 0.15) is 31.5 Å². The van der Waals surface area contributed by atoms with Crippen molar-refractivity contribution in [2.24, 2.45) is 5.41 Å². The molecule has 1 unspecified atom stereocenters. The van der Waals surface area contributed by atoms with Crippen molar-refractivity contribution in [2.45, 2.75) is 32.9 Å². The lowest BCUT2D eigenvalue weighted by Gasteiger charge is -2.53. The van der Waals surface area contributed by atoms with E-state index in [0.29, 0.717) is 13.2 Å². The quantitative estimate of drug-likeness (QED) is 0.726. The van der Waals surface area contributed by atoms with Crippen molar-refractivity contribution in [1.29, 1.82) is 0 Å². The minimum absolute atomic E-state index is 0.147. The van der Waals surface area contributed by atoms with Gasteiger partial charge in [-0.2, -0.15) is 4.37 Å². The molecule has 1 fully saturated rings. The van der Waals surface area contributed by atoms with E-state index in [1.165, 1.54) is 11.5 Å². The van der Waals surface area contributed by atoms with Crippen molar-refractivity contribution in [2.75, 3.05) is 38.9 Å². The van der Waals surface area contributed by atoms with Gasteiger partial charge in [0.25, 0.3) is 0 Å². The number of methoxy groups -OCH3 is 2. The summed E-state index contributed by atoms with van der Waals surface area (Å²) in [6, 6.07) is 0.201. The Kier molecular flexibility index (Phi) is 5.17. The van der Waals surface area contributed by atoms with Crippen LogP contribution in [0.4, 0.5) is 5.13 Å². The number of ether oxygens (including phenoxy) is 2. The van der Waals surface area contributed by atoms with Crippen LogP contribution in [0, 0.1) is 5.41 Å². The van der Waals surface area contributed by atoms with Gasteiger partial charge in [0.05, 0.1) is 19.3 Å². The number of imidazole rings is 1. The van der Waals surface area contributed by atoms with Crippen LogP contribution in [-0.2, 0) is 22.4 Å². The van der Waals surface area contributed by atoms with E-state index >= 15 is 0 Å². The summed E-state index contributed by atoms with van der Waals surface area (Å²) >= 11 is 1.46. The summed E-state index contributed by atoms with van der Waals surface area (Å²) in [7, 11) is 3.42. The number of rotatable bonds is 8. The highest BCUT2D eigenvalue weighted by Crippen LogP contribution is 2.50. The zero-order valence-electron chi connectivity index (χ0n) is 14.7. The Morgan fingerprint density at radius 3 is 2.79 bits per heavy atom. The molecule has 0 saturated carbocycles. The summed E-state index contributed by atoms with van der Waals surface area (Å²) in [5, 5.41) is 0.965. The molecule has 0 amide bonds. The molecule has 1 atom stereocenters. The number of aromatic nitrogens is 4. The van der Waals surface area contributed by atoms with E-state index < -0.39 is 0 Å². The van der Waals surface area contributed by atoms with Crippen LogP contribution < -0.4 is 4.90 Å². The standard InChI is InChI=1S/C16H25N5O2S/c1-16(2)11-21(15-18-12(19-24-15)5-9-22-3)13(16)14-17-6-7-20(14)8-10-23-4/h6-7,13H,5,8-11H2,1-4H3. The minimum atomic E-state index is 0.147. The maximum absolute atomic E-state index is 5.21. The third-order valence-electron chi connectivity index (χ3n) is 4.39. The van der Waals surface area contributed by atoms with Gasteiger partial charge in [0.1, 0.15) is 11.6 Å². The van der Waals surface area contributed by atoms with Gasteiger partial charge in [-0.15, -0.1) is 0 Å². The van der Waals surface area contributed by atoms with Crippen LogP contribution in [0.25, 0.3) is 0 Å². The smallest absolute Gasteiger partial charge is 0.205 e. The van der Waals surface area contributed by atoms with Crippen molar-refractivity contribution in [3.63, 3.8) is 0 Å². The predicted molar refractivity (Wildman–Crippen MR) is 93.5 cm³/mol. The van der Waals surface area contributed by atoms with E-state index in [4.69, 9.17) is 9.47 Å². The molecule has 132 valence electrons. The number of nitrogens with zero attached hydrogens (tertiary/aromatic N) is 5. The Balaban J connectivity index is 1.80. The molecule has 2 aromatic rings. The topological polar surface area (TPSA) is 65.3 Å². The molecule has 8 heteroatoms. The van der Waals surface area contributed by atoms with Crippen LogP contribution in [-0.4, -0.2) is 52.9 Å². The second kappa shape index (κ2) is 7.16. The summed E-state index contributed by atoms with van der Waals surface area (Å²) < 4.78 is 16.9. The first-order valence-corrected chi connectivity index (χ1v) is 8.92. The van der Waals surface area contributed by atoms with Crippen LogP contribution >= 0.6 is 11.5 Å². The van der Waals surface area contributed by atoms with Crippen molar-refractivity contribution in [3.05, 3.63) is 24.0 Å². The third-order valence-corrected chi connectivity index (χ3v) is 5.18. The first-order chi connectivity index (χ1) is 11.6. The van der Waals surface area contributed by atoms with E-state index in [1.54, 1.807) is 14.2 Å². The van der Waals surface area contributed by atoms with E-state index in [9.17, 15) is 0 Å². The largest absolute Gasteiger partial charge is 0.384 e. The lowest BCUT2D eigenvalue weighted by molar-refractivity contribution is 0.157. The zero-order valence-corrected chi connectivity index (χ0v) is 15.5. The van der Waals surface area contributed by atoms with Gasteiger partial charge in [-0.25, -0.2) is 9.97 Å². The summed E-state index contributed by atoms with van der Waals surface area (Å²) in [6.45, 7) is 7.63. The lowest BCUT2D eigenvalue weighted by Crippen LogP contribution is -2.56. The molecule has 3 heterocycles. The van der Waals surface area contributed by atoms with Gasteiger partial charge in [0, 0.05) is 63.1 Å². The molecule has 7 nitrogen and oxygen atoms in total. The van der Waals surface area contributed by atoms with Crippen molar-refractivity contribution in [3.8, 4) is 0 Å². The van der Waals surface area contributed by atoms with Gasteiger partial charge in [0.15, 0.2) is 0 Å². The van der Waals surface area contributed by atoms with Crippen LogP contribution in [0.3, 0.4) is 0 Å². The number of anilines is 1. The minimum Gasteiger partial charge on any atom is -0.384 e. The van der Waals surface area contributed by atoms with E-state index in [1.807, 2.05) is 12.4 Å². The molecule has 0 N–H and O–H groups in total. The van der Waals surface area contributed by atoms with Crippen molar-refractivity contribution in [1.82, 2.24) is 18.9 Å². The van der Waals surface area contributed by atoms with Gasteiger partial charge in [-0.05, 0) is 0 Å². The van der Waals surface area contributed by atoms with Gasteiger partial charge >= 0.3 is 0 Å². The summed E-state index contributed by atoms with van der Waals surface area (Å²) in [4.78, 5) is 11.6. The fourth-order valence-electron chi connectivity index (χ4n) is 3.20. The molecule has 24 heavy (non-hydrogen) atoms. The van der Waals surface area contributed by atoms with Crippen LogP contribution in [0.15, 0.2) is 12.4 Å². The highest BCUT2D eigenvalue weighted by molar-refractivity contribution is 7.09. The van der Waals surface area contributed by atoms with Gasteiger partial charge in [-0.1, -0.05) is 13.8 Å². The fourth-order valence-corrected chi connectivity index (χ4v) is 3.94. The van der Waals surface area contributed by atoms with E-state index in [2.05, 4.69) is 37.7 Å². The molecule has 0 aliphatic carbocycles. The van der Waals surface area contributed by atoms with Gasteiger partial charge < -0.3 is 18.9 Å². The average Bonchev–Trinajstić information content (AvgIpc) is 3.18. The monoisotopic (exact) mass is 351 g/mol. The van der Waals surface area contributed by atoms with Gasteiger partial charge in [0.2, 0.25) is 5.13 Å². The maximum Gasteiger partial charge on any atom is 0.205 e. The van der Waals surface area contributed by atoms with Crippen LogP contribution in [0.2, 0.25) is 0 Å². The fraction of sp³-hybridized carbons (Fsp3) is 0.688. The second-order valence-electron chi connectivity index (χ2n) is 6.73. The second-order valence-corrected chi connectivity index (χ2v) is 7.46. The molecule has 1 saturated heterocycles. The summed E-state index contributed by atoms with van der Waals surface area (Å²) in [5.74, 6) is 1.92. The highest BCUT2D eigenvalue weighted by Gasteiger charge is 2.50. The molecular formula is C16H25N5O2S. The number of hydrogen-bond acceptors (Lipinski definition) is 7. The molecular weight excluding hydrogens is 326 g/mol. The Labute approximate surface area is 146 Å². The Morgan fingerprint density at radius 1 is 1.29 bits per heavy atom. The normalized spacial score (nSPS) is 19.5. The molecule has 0 radical (unpaired) electrons. The molecule has 0 aromatic carbocycles. The summed E-state index contributed by atoms with van der Waals surface area (Å²) in [6.07, 6.45) is 4.63. The predicted octanol–water partition coefficient (Wildman–Crippen LogP) is 2.16. The molecule has 1 aliphatic rings. The maximum atomic E-state index is 5.21. The Bertz CT molecular complexity index is 669. The molecule has 1 aliphatic heterocycles. The van der Waals surface area contributed by atoms with Gasteiger partial charge in [-0.3, -0.25) is 0 Å². The first kappa shape index (κ1) is 17.3.